The van der Waals surface area contributed by atoms with Crippen LogP contribution in [0.15, 0.2) is 36.4 Å². The highest BCUT2D eigenvalue weighted by Crippen LogP contribution is 2.22. The van der Waals surface area contributed by atoms with Gasteiger partial charge in [-0.15, -0.1) is 0 Å². The highest BCUT2D eigenvalue weighted by molar-refractivity contribution is 6.32. The minimum atomic E-state index is 0.715. The lowest BCUT2D eigenvalue weighted by atomic mass is 10.1. The summed E-state index contributed by atoms with van der Waals surface area (Å²) in [5.41, 5.74) is 2.06. The van der Waals surface area contributed by atoms with E-state index >= 15 is 0 Å². The summed E-state index contributed by atoms with van der Waals surface area (Å²) in [6.07, 6.45) is 0.715. The molecule has 0 aromatic heterocycles. The molecule has 2 heteroatoms. The summed E-state index contributed by atoms with van der Waals surface area (Å²) in [6, 6.07) is 17.0. The molecule has 0 saturated heterocycles. The molecule has 0 saturated carbocycles. The summed E-state index contributed by atoms with van der Waals surface area (Å²) in [7, 11) is 0. The molecule has 2 radical (unpaired) electrons. The van der Waals surface area contributed by atoms with Crippen molar-refractivity contribution in [2.45, 2.75) is 6.42 Å². The summed E-state index contributed by atoms with van der Waals surface area (Å²) < 4.78 is 0. The van der Waals surface area contributed by atoms with E-state index in [-0.39, 0.29) is 0 Å². The van der Waals surface area contributed by atoms with Crippen molar-refractivity contribution in [3.05, 3.63) is 69.7 Å². The van der Waals surface area contributed by atoms with Crippen LogP contribution in [0.5, 0.6) is 0 Å². The highest BCUT2D eigenvalue weighted by atomic mass is 35.5. The van der Waals surface area contributed by atoms with Crippen LogP contribution in [0.1, 0.15) is 11.1 Å². The zero-order valence-corrected chi connectivity index (χ0v) is 9.44. The Bertz CT molecular complexity index is 420. The molecule has 0 bridgehead atoms. The number of rotatable bonds is 2. The van der Waals surface area contributed by atoms with Crippen molar-refractivity contribution in [3.63, 3.8) is 0 Å². The van der Waals surface area contributed by atoms with Crippen molar-refractivity contribution in [2.24, 2.45) is 0 Å². The van der Waals surface area contributed by atoms with Gasteiger partial charge in [-0.2, -0.15) is 0 Å². The molecule has 0 atom stereocenters. The molecule has 0 fully saturated rings. The van der Waals surface area contributed by atoms with Crippen LogP contribution in [-0.4, -0.2) is 0 Å². The van der Waals surface area contributed by atoms with Crippen LogP contribution in [0.25, 0.3) is 0 Å². The lowest BCUT2D eigenvalue weighted by Crippen LogP contribution is -1.90. The normalized spacial score (nSPS) is 10.3. The van der Waals surface area contributed by atoms with E-state index in [0.29, 0.717) is 6.42 Å². The lowest BCUT2D eigenvalue weighted by molar-refractivity contribution is 1.19. The van der Waals surface area contributed by atoms with E-state index in [0.717, 1.165) is 21.2 Å². The molecule has 2 aromatic carbocycles. The average molecular weight is 235 g/mol. The number of halogens is 2. The fraction of sp³-hybridized carbons (Fsp3) is 0.0769. The molecule has 15 heavy (non-hydrogen) atoms. The van der Waals surface area contributed by atoms with E-state index in [2.05, 4.69) is 12.1 Å². The van der Waals surface area contributed by atoms with Gasteiger partial charge in [-0.25, -0.2) is 0 Å². The molecule has 2 rings (SSSR count). The summed E-state index contributed by atoms with van der Waals surface area (Å²) >= 11 is 12.1. The van der Waals surface area contributed by atoms with E-state index < -0.39 is 0 Å². The maximum atomic E-state index is 6.05. The molecule has 0 unspecified atom stereocenters. The second-order valence-electron chi connectivity index (χ2n) is 3.21. The fourth-order valence-corrected chi connectivity index (χ4v) is 1.74. The third-order valence-corrected chi connectivity index (χ3v) is 2.90. The second-order valence-corrected chi connectivity index (χ2v) is 4.03. The molecular weight excluding hydrogens is 227 g/mol. The van der Waals surface area contributed by atoms with Gasteiger partial charge >= 0.3 is 0 Å². The third kappa shape index (κ3) is 2.53. The van der Waals surface area contributed by atoms with Gasteiger partial charge in [0.15, 0.2) is 0 Å². The smallest absolute Gasteiger partial charge is 0.0441 e. The highest BCUT2D eigenvalue weighted by Gasteiger charge is 2.03. The first-order valence-corrected chi connectivity index (χ1v) is 5.32. The van der Waals surface area contributed by atoms with Crippen molar-refractivity contribution in [1.29, 1.82) is 0 Å². The first-order chi connectivity index (χ1) is 7.27. The Morgan fingerprint density at radius 2 is 1.33 bits per heavy atom. The van der Waals surface area contributed by atoms with Gasteiger partial charge < -0.3 is 0 Å². The average Bonchev–Trinajstić information content (AvgIpc) is 2.24. The minimum Gasteiger partial charge on any atom is -0.0840 e. The molecule has 0 heterocycles. The Morgan fingerprint density at radius 3 is 1.73 bits per heavy atom. The van der Waals surface area contributed by atoms with Crippen LogP contribution in [0, 0.1) is 12.1 Å². The monoisotopic (exact) mass is 234 g/mol. The van der Waals surface area contributed by atoms with Gasteiger partial charge in [-0.1, -0.05) is 35.3 Å². The van der Waals surface area contributed by atoms with Gasteiger partial charge in [0, 0.05) is 16.5 Å². The van der Waals surface area contributed by atoms with Crippen LogP contribution >= 0.6 is 23.2 Å². The Labute approximate surface area is 99.5 Å². The summed E-state index contributed by atoms with van der Waals surface area (Å²) in [4.78, 5) is 0. The molecular formula is C13H8Cl2. The van der Waals surface area contributed by atoms with Crippen molar-refractivity contribution >= 4 is 23.2 Å². The van der Waals surface area contributed by atoms with Gasteiger partial charge in [0.25, 0.3) is 0 Å². The Hall–Kier alpha value is -0.980. The van der Waals surface area contributed by atoms with Crippen molar-refractivity contribution in [3.8, 4) is 0 Å². The van der Waals surface area contributed by atoms with Crippen LogP contribution in [-0.2, 0) is 6.42 Å². The van der Waals surface area contributed by atoms with Gasteiger partial charge in [0.2, 0.25) is 0 Å². The van der Waals surface area contributed by atoms with Gasteiger partial charge in [0.05, 0.1) is 0 Å². The quantitative estimate of drug-likeness (QED) is 0.732. The molecule has 0 aliphatic heterocycles. The molecule has 0 aliphatic carbocycles. The maximum Gasteiger partial charge on any atom is 0.0441 e. The Morgan fingerprint density at radius 1 is 0.867 bits per heavy atom. The largest absolute Gasteiger partial charge is 0.0840 e. The van der Waals surface area contributed by atoms with E-state index in [1.807, 2.05) is 24.3 Å². The SMILES string of the molecule is Clc1cc[c]cc1Cc1c[c]ccc1Cl. The first-order valence-electron chi connectivity index (χ1n) is 4.56. The van der Waals surface area contributed by atoms with Gasteiger partial charge in [-0.05, 0) is 47.5 Å². The number of benzene rings is 2. The Balaban J connectivity index is 2.30. The van der Waals surface area contributed by atoms with Crippen molar-refractivity contribution < 1.29 is 0 Å². The molecule has 0 spiro atoms. The predicted octanol–water partition coefficient (Wildman–Crippen LogP) is 4.18. The van der Waals surface area contributed by atoms with Crippen LogP contribution in [0.2, 0.25) is 10.0 Å². The van der Waals surface area contributed by atoms with Crippen LogP contribution < -0.4 is 0 Å². The Kier molecular flexibility index (Phi) is 3.30. The van der Waals surface area contributed by atoms with E-state index in [1.165, 1.54) is 0 Å². The molecule has 0 amide bonds. The molecule has 2 aromatic rings. The zero-order valence-electron chi connectivity index (χ0n) is 7.93. The summed E-state index contributed by atoms with van der Waals surface area (Å²) in [6.45, 7) is 0. The molecule has 0 N–H and O–H groups in total. The number of hydrogen-bond donors (Lipinski definition) is 0. The maximum absolute atomic E-state index is 6.05. The van der Waals surface area contributed by atoms with E-state index in [4.69, 9.17) is 23.2 Å². The topological polar surface area (TPSA) is 0 Å². The molecule has 0 aliphatic rings. The van der Waals surface area contributed by atoms with Gasteiger partial charge in [0.1, 0.15) is 0 Å². The molecule has 0 nitrogen and oxygen atoms in total. The number of hydrogen-bond acceptors (Lipinski definition) is 0. The van der Waals surface area contributed by atoms with Crippen LogP contribution in [0.3, 0.4) is 0 Å². The summed E-state index contributed by atoms with van der Waals surface area (Å²) in [5, 5.41) is 1.49. The van der Waals surface area contributed by atoms with E-state index in [9.17, 15) is 0 Å². The third-order valence-electron chi connectivity index (χ3n) is 2.16. The van der Waals surface area contributed by atoms with Crippen molar-refractivity contribution in [2.75, 3.05) is 0 Å². The van der Waals surface area contributed by atoms with Crippen LogP contribution in [0.4, 0.5) is 0 Å². The lowest BCUT2D eigenvalue weighted by Gasteiger charge is -2.05. The fourth-order valence-electron chi connectivity index (χ4n) is 1.37. The van der Waals surface area contributed by atoms with Crippen molar-refractivity contribution in [1.82, 2.24) is 0 Å². The minimum absolute atomic E-state index is 0.715. The second kappa shape index (κ2) is 4.69. The van der Waals surface area contributed by atoms with E-state index in [1.54, 1.807) is 12.1 Å². The summed E-state index contributed by atoms with van der Waals surface area (Å²) in [5.74, 6) is 0. The predicted molar refractivity (Wildman–Crippen MR) is 63.4 cm³/mol. The standard InChI is InChI=1S/C13H8Cl2/c14-12-7-3-1-5-10(12)9-11-6-2-4-8-13(11)15/h3-8H,9H2. The molecule has 74 valence electrons. The van der Waals surface area contributed by atoms with Gasteiger partial charge in [-0.3, -0.25) is 0 Å². The zero-order chi connectivity index (χ0) is 10.7. The first kappa shape index (κ1) is 10.5.